The normalized spacial score (nSPS) is 10.5. The molecule has 4 aromatic carbocycles. The fraction of sp³-hybridized carbons (Fsp3) is 0.138. The molecule has 0 aliphatic heterocycles. The van der Waals surface area contributed by atoms with Crippen LogP contribution < -0.4 is 0 Å². The topological polar surface area (TPSA) is 23.6 Å². The van der Waals surface area contributed by atoms with Crippen LogP contribution in [0.1, 0.15) is 22.3 Å². The van der Waals surface area contributed by atoms with E-state index < -0.39 is 0 Å². The van der Waals surface area contributed by atoms with E-state index in [0.29, 0.717) is 26.2 Å². The molecule has 160 valence electrons. The second-order valence-corrected chi connectivity index (χ2v) is 7.94. The van der Waals surface area contributed by atoms with Gasteiger partial charge in [-0.1, -0.05) is 121 Å². The van der Waals surface area contributed by atoms with Crippen molar-refractivity contribution < 1.29 is 4.79 Å². The summed E-state index contributed by atoms with van der Waals surface area (Å²) in [6.07, 6.45) is 0. The Balaban J connectivity index is 1.62. The molecular formula is C29H28N2O. The number of hydrogen-bond acceptors (Lipinski definition) is 1. The summed E-state index contributed by atoms with van der Waals surface area (Å²) in [5.74, 6) is 0. The highest BCUT2D eigenvalue weighted by Gasteiger charge is 2.22. The number of hydrogen-bond donors (Lipinski definition) is 0. The molecule has 0 spiro atoms. The monoisotopic (exact) mass is 420 g/mol. The maximum absolute atomic E-state index is 13.9. The van der Waals surface area contributed by atoms with Crippen molar-refractivity contribution in [2.45, 2.75) is 26.2 Å². The third-order valence-corrected chi connectivity index (χ3v) is 5.41. The van der Waals surface area contributed by atoms with E-state index in [-0.39, 0.29) is 6.03 Å². The quantitative estimate of drug-likeness (QED) is 0.319. The van der Waals surface area contributed by atoms with Gasteiger partial charge in [0.05, 0.1) is 0 Å². The van der Waals surface area contributed by atoms with E-state index in [1.165, 1.54) is 0 Å². The zero-order chi connectivity index (χ0) is 22.0. The number of carbonyl (C=O) groups is 1. The van der Waals surface area contributed by atoms with Crippen molar-refractivity contribution in [3.63, 3.8) is 0 Å². The Labute approximate surface area is 190 Å². The molecule has 0 bridgehead atoms. The molecule has 4 aromatic rings. The first-order valence-corrected chi connectivity index (χ1v) is 11.0. The smallest absolute Gasteiger partial charge is 0.316 e. The summed E-state index contributed by atoms with van der Waals surface area (Å²) in [5.41, 5.74) is 4.49. The van der Waals surface area contributed by atoms with Crippen molar-refractivity contribution in [2.24, 2.45) is 0 Å². The highest BCUT2D eigenvalue weighted by atomic mass is 16.2. The molecule has 0 N–H and O–H groups in total. The largest absolute Gasteiger partial charge is 0.321 e. The van der Waals surface area contributed by atoms with Gasteiger partial charge in [-0.2, -0.15) is 0 Å². The third-order valence-electron chi connectivity index (χ3n) is 5.41. The maximum Gasteiger partial charge on any atom is 0.321 e. The Bertz CT molecular complexity index is 911. The summed E-state index contributed by atoms with van der Waals surface area (Å²) in [6, 6.07) is 40.8. The summed E-state index contributed by atoms with van der Waals surface area (Å²) < 4.78 is 0. The number of nitrogens with zero attached hydrogens (tertiary/aromatic N) is 2. The zero-order valence-electron chi connectivity index (χ0n) is 18.2. The van der Waals surface area contributed by atoms with Crippen LogP contribution in [0.3, 0.4) is 0 Å². The van der Waals surface area contributed by atoms with Gasteiger partial charge < -0.3 is 9.80 Å². The van der Waals surface area contributed by atoms with Crippen LogP contribution in [0.15, 0.2) is 121 Å². The van der Waals surface area contributed by atoms with Gasteiger partial charge in [0.25, 0.3) is 0 Å². The number of amides is 2. The Kier molecular flexibility index (Phi) is 7.33. The number of rotatable bonds is 8. The van der Waals surface area contributed by atoms with Crippen molar-refractivity contribution in [3.05, 3.63) is 144 Å². The lowest BCUT2D eigenvalue weighted by atomic mass is 10.1. The van der Waals surface area contributed by atoms with Crippen LogP contribution >= 0.6 is 0 Å². The van der Waals surface area contributed by atoms with E-state index in [2.05, 4.69) is 48.5 Å². The van der Waals surface area contributed by atoms with Crippen LogP contribution in [0.5, 0.6) is 0 Å². The molecule has 0 aliphatic carbocycles. The SMILES string of the molecule is O=C(N(Cc1ccccc1)Cc1ccccc1)N(Cc1ccccc1)Cc1ccccc1. The predicted octanol–water partition coefficient (Wildman–Crippen LogP) is 6.51. The highest BCUT2D eigenvalue weighted by molar-refractivity contribution is 5.74. The molecular weight excluding hydrogens is 392 g/mol. The first kappa shape index (κ1) is 21.4. The average Bonchev–Trinajstić information content (AvgIpc) is 2.85. The minimum absolute atomic E-state index is 0.0328. The van der Waals surface area contributed by atoms with Crippen molar-refractivity contribution in [1.82, 2.24) is 9.80 Å². The van der Waals surface area contributed by atoms with Gasteiger partial charge in [-0.25, -0.2) is 4.79 Å². The van der Waals surface area contributed by atoms with Gasteiger partial charge in [0.2, 0.25) is 0 Å². The molecule has 32 heavy (non-hydrogen) atoms. The Hall–Kier alpha value is -3.85. The van der Waals surface area contributed by atoms with Crippen LogP contribution in [0, 0.1) is 0 Å². The lowest BCUT2D eigenvalue weighted by Crippen LogP contribution is -2.41. The molecule has 3 nitrogen and oxygen atoms in total. The molecule has 4 rings (SSSR count). The summed E-state index contributed by atoms with van der Waals surface area (Å²) in [5, 5.41) is 0. The van der Waals surface area contributed by atoms with Gasteiger partial charge >= 0.3 is 6.03 Å². The molecule has 0 saturated carbocycles. The molecule has 3 heteroatoms. The lowest BCUT2D eigenvalue weighted by molar-refractivity contribution is 0.141. The molecule has 0 fully saturated rings. The molecule has 0 saturated heterocycles. The van der Waals surface area contributed by atoms with Crippen LogP contribution in [0.2, 0.25) is 0 Å². The fourth-order valence-electron chi connectivity index (χ4n) is 3.80. The summed E-state index contributed by atoms with van der Waals surface area (Å²) >= 11 is 0. The van der Waals surface area contributed by atoms with Crippen LogP contribution in [-0.4, -0.2) is 15.8 Å². The zero-order valence-corrected chi connectivity index (χ0v) is 18.2. The van der Waals surface area contributed by atoms with E-state index in [9.17, 15) is 4.79 Å². The molecule has 0 aliphatic rings. The van der Waals surface area contributed by atoms with Crippen LogP contribution in [-0.2, 0) is 26.2 Å². The molecule has 2 amide bonds. The van der Waals surface area contributed by atoms with Gasteiger partial charge in [0.1, 0.15) is 0 Å². The average molecular weight is 421 g/mol. The fourth-order valence-corrected chi connectivity index (χ4v) is 3.80. The predicted molar refractivity (Wildman–Crippen MR) is 130 cm³/mol. The second kappa shape index (κ2) is 11.0. The first-order valence-electron chi connectivity index (χ1n) is 11.0. The summed E-state index contributed by atoms with van der Waals surface area (Å²) in [7, 11) is 0. The van der Waals surface area contributed by atoms with E-state index >= 15 is 0 Å². The van der Waals surface area contributed by atoms with E-state index in [1.54, 1.807) is 0 Å². The maximum atomic E-state index is 13.9. The van der Waals surface area contributed by atoms with Crippen molar-refractivity contribution >= 4 is 6.03 Å². The van der Waals surface area contributed by atoms with Crippen molar-refractivity contribution in [1.29, 1.82) is 0 Å². The Morgan fingerprint density at radius 1 is 0.406 bits per heavy atom. The summed E-state index contributed by atoms with van der Waals surface area (Å²) in [4.78, 5) is 17.8. The van der Waals surface area contributed by atoms with Gasteiger partial charge in [-0.3, -0.25) is 0 Å². The number of carbonyl (C=O) groups excluding carboxylic acids is 1. The van der Waals surface area contributed by atoms with Gasteiger partial charge in [0.15, 0.2) is 0 Å². The summed E-state index contributed by atoms with van der Waals surface area (Å²) in [6.45, 7) is 2.26. The van der Waals surface area contributed by atoms with Gasteiger partial charge in [-0.15, -0.1) is 0 Å². The molecule has 0 radical (unpaired) electrons. The highest BCUT2D eigenvalue weighted by Crippen LogP contribution is 2.17. The van der Waals surface area contributed by atoms with Gasteiger partial charge in [0, 0.05) is 26.2 Å². The Morgan fingerprint density at radius 2 is 0.625 bits per heavy atom. The molecule has 0 heterocycles. The minimum atomic E-state index is 0.0328. The number of urea groups is 1. The second-order valence-electron chi connectivity index (χ2n) is 7.94. The Morgan fingerprint density at radius 3 is 0.844 bits per heavy atom. The molecule has 0 atom stereocenters. The van der Waals surface area contributed by atoms with Gasteiger partial charge in [-0.05, 0) is 22.3 Å². The molecule has 0 unspecified atom stereocenters. The lowest BCUT2D eigenvalue weighted by Gasteiger charge is -2.31. The van der Waals surface area contributed by atoms with Crippen LogP contribution in [0.25, 0.3) is 0 Å². The molecule has 0 aromatic heterocycles. The van der Waals surface area contributed by atoms with Crippen molar-refractivity contribution in [3.8, 4) is 0 Å². The van der Waals surface area contributed by atoms with E-state index in [4.69, 9.17) is 0 Å². The standard InChI is InChI=1S/C29H28N2O/c32-29(30(21-25-13-5-1-6-14-25)22-26-15-7-2-8-16-26)31(23-27-17-9-3-10-18-27)24-28-19-11-4-12-20-28/h1-20H,21-24H2. The van der Waals surface area contributed by atoms with Crippen molar-refractivity contribution in [2.75, 3.05) is 0 Å². The van der Waals surface area contributed by atoms with Crippen LogP contribution in [0.4, 0.5) is 4.79 Å². The van der Waals surface area contributed by atoms with E-state index in [1.807, 2.05) is 82.6 Å². The minimum Gasteiger partial charge on any atom is -0.316 e. The number of benzene rings is 4. The van der Waals surface area contributed by atoms with E-state index in [0.717, 1.165) is 22.3 Å². The third kappa shape index (κ3) is 6.08. The first-order chi connectivity index (χ1) is 15.8.